The third kappa shape index (κ3) is 3.38. The second-order valence-corrected chi connectivity index (χ2v) is 4.03. The van der Waals surface area contributed by atoms with Crippen molar-refractivity contribution in [2.75, 3.05) is 38.7 Å². The van der Waals surface area contributed by atoms with E-state index in [1.54, 1.807) is 39.3 Å². The van der Waals surface area contributed by atoms with Gasteiger partial charge in [-0.1, -0.05) is 0 Å². The number of anilines is 2. The van der Waals surface area contributed by atoms with Gasteiger partial charge in [0, 0.05) is 32.5 Å². The van der Waals surface area contributed by atoms with E-state index in [2.05, 4.69) is 10.6 Å². The SMILES string of the molecule is CNC(=O)c1ccc(N)cc1NCC(=O)N(C)C. The van der Waals surface area contributed by atoms with Gasteiger partial charge in [0.15, 0.2) is 0 Å². The summed E-state index contributed by atoms with van der Waals surface area (Å²) in [4.78, 5) is 24.6. The third-order valence-corrected chi connectivity index (χ3v) is 2.44. The monoisotopic (exact) mass is 250 g/mol. The van der Waals surface area contributed by atoms with E-state index < -0.39 is 0 Å². The fourth-order valence-electron chi connectivity index (χ4n) is 1.37. The van der Waals surface area contributed by atoms with E-state index in [4.69, 9.17) is 5.73 Å². The van der Waals surface area contributed by atoms with Gasteiger partial charge in [0.1, 0.15) is 0 Å². The Morgan fingerprint density at radius 3 is 2.56 bits per heavy atom. The number of carbonyl (C=O) groups excluding carboxylic acids is 2. The number of hydrogen-bond acceptors (Lipinski definition) is 4. The average molecular weight is 250 g/mol. The number of nitrogens with zero attached hydrogens (tertiary/aromatic N) is 1. The first-order valence-electron chi connectivity index (χ1n) is 5.51. The zero-order valence-electron chi connectivity index (χ0n) is 10.8. The molecule has 6 heteroatoms. The number of amides is 2. The van der Waals surface area contributed by atoms with Gasteiger partial charge in [0.2, 0.25) is 5.91 Å². The molecule has 1 aromatic rings. The van der Waals surface area contributed by atoms with Crippen molar-refractivity contribution in [3.8, 4) is 0 Å². The molecule has 6 nitrogen and oxygen atoms in total. The zero-order chi connectivity index (χ0) is 13.7. The van der Waals surface area contributed by atoms with Gasteiger partial charge >= 0.3 is 0 Å². The van der Waals surface area contributed by atoms with Crippen molar-refractivity contribution in [1.29, 1.82) is 0 Å². The molecular weight excluding hydrogens is 232 g/mol. The van der Waals surface area contributed by atoms with E-state index in [9.17, 15) is 9.59 Å². The van der Waals surface area contributed by atoms with E-state index in [0.29, 0.717) is 16.9 Å². The number of nitrogens with one attached hydrogen (secondary N) is 2. The van der Waals surface area contributed by atoms with Gasteiger partial charge in [0.05, 0.1) is 12.1 Å². The summed E-state index contributed by atoms with van der Waals surface area (Å²) >= 11 is 0. The highest BCUT2D eigenvalue weighted by molar-refractivity contribution is 6.00. The predicted octanol–water partition coefficient (Wildman–Crippen LogP) is 0.129. The second-order valence-electron chi connectivity index (χ2n) is 4.03. The molecule has 0 aliphatic rings. The van der Waals surface area contributed by atoms with Crippen molar-refractivity contribution >= 4 is 23.2 Å². The molecule has 0 spiro atoms. The Balaban J connectivity index is 2.89. The molecule has 0 saturated carbocycles. The zero-order valence-corrected chi connectivity index (χ0v) is 10.8. The minimum atomic E-state index is -0.227. The minimum Gasteiger partial charge on any atom is -0.399 e. The normalized spacial score (nSPS) is 9.72. The second kappa shape index (κ2) is 5.90. The number of carbonyl (C=O) groups is 2. The van der Waals surface area contributed by atoms with Gasteiger partial charge in [-0.2, -0.15) is 0 Å². The smallest absolute Gasteiger partial charge is 0.253 e. The molecule has 0 aromatic heterocycles. The molecule has 0 aliphatic carbocycles. The maximum Gasteiger partial charge on any atom is 0.253 e. The fraction of sp³-hybridized carbons (Fsp3) is 0.333. The van der Waals surface area contributed by atoms with Crippen molar-refractivity contribution in [1.82, 2.24) is 10.2 Å². The van der Waals surface area contributed by atoms with Crippen LogP contribution in [-0.2, 0) is 4.79 Å². The topological polar surface area (TPSA) is 87.5 Å². The lowest BCUT2D eigenvalue weighted by molar-refractivity contribution is -0.126. The molecule has 0 heterocycles. The van der Waals surface area contributed by atoms with Crippen LogP contribution in [0.1, 0.15) is 10.4 Å². The summed E-state index contributed by atoms with van der Waals surface area (Å²) in [6, 6.07) is 4.90. The number of hydrogen-bond donors (Lipinski definition) is 3. The van der Waals surface area contributed by atoms with Gasteiger partial charge in [-0.25, -0.2) is 0 Å². The molecule has 0 aliphatic heterocycles. The summed E-state index contributed by atoms with van der Waals surface area (Å²) < 4.78 is 0. The Hall–Kier alpha value is -2.24. The Morgan fingerprint density at radius 1 is 1.33 bits per heavy atom. The van der Waals surface area contributed by atoms with Crippen molar-refractivity contribution < 1.29 is 9.59 Å². The Bertz CT molecular complexity index is 457. The van der Waals surface area contributed by atoms with Crippen LogP contribution < -0.4 is 16.4 Å². The van der Waals surface area contributed by atoms with Crippen LogP contribution in [0.3, 0.4) is 0 Å². The van der Waals surface area contributed by atoms with E-state index in [0.717, 1.165) is 0 Å². The molecule has 0 fully saturated rings. The van der Waals surface area contributed by atoms with Gasteiger partial charge in [-0.05, 0) is 18.2 Å². The van der Waals surface area contributed by atoms with Crippen LogP contribution in [-0.4, -0.2) is 44.4 Å². The van der Waals surface area contributed by atoms with E-state index in [-0.39, 0.29) is 18.4 Å². The summed E-state index contributed by atoms with van der Waals surface area (Å²) in [6.45, 7) is 0.112. The molecule has 1 aromatic carbocycles. The minimum absolute atomic E-state index is 0.0831. The molecule has 0 bridgehead atoms. The summed E-state index contributed by atoms with van der Waals surface area (Å²) in [5.74, 6) is -0.310. The first-order chi connectivity index (χ1) is 8.45. The van der Waals surface area contributed by atoms with E-state index in [1.165, 1.54) is 4.90 Å². The molecule has 1 rings (SSSR count). The Labute approximate surface area is 106 Å². The summed E-state index contributed by atoms with van der Waals surface area (Å²) in [7, 11) is 4.89. The largest absolute Gasteiger partial charge is 0.399 e. The van der Waals surface area contributed by atoms with Crippen LogP contribution in [0, 0.1) is 0 Å². The number of benzene rings is 1. The summed E-state index contributed by atoms with van der Waals surface area (Å²) in [6.07, 6.45) is 0. The van der Waals surface area contributed by atoms with Crippen LogP contribution >= 0.6 is 0 Å². The summed E-state index contributed by atoms with van der Waals surface area (Å²) in [5.41, 5.74) is 7.20. The highest BCUT2D eigenvalue weighted by atomic mass is 16.2. The average Bonchev–Trinajstić information content (AvgIpc) is 2.34. The number of nitrogens with two attached hydrogens (primary N) is 1. The number of rotatable bonds is 4. The maximum absolute atomic E-state index is 11.6. The number of likely N-dealkylation sites (N-methyl/N-ethyl adjacent to an activating group) is 1. The van der Waals surface area contributed by atoms with E-state index in [1.807, 2.05) is 0 Å². The quantitative estimate of drug-likeness (QED) is 0.663. The molecular formula is C12H18N4O2. The first kappa shape index (κ1) is 13.8. The van der Waals surface area contributed by atoms with Crippen LogP contribution in [0.2, 0.25) is 0 Å². The van der Waals surface area contributed by atoms with Crippen molar-refractivity contribution in [3.05, 3.63) is 23.8 Å². The van der Waals surface area contributed by atoms with E-state index >= 15 is 0 Å². The highest BCUT2D eigenvalue weighted by Crippen LogP contribution is 2.19. The van der Waals surface area contributed by atoms with Gasteiger partial charge in [-0.3, -0.25) is 9.59 Å². The van der Waals surface area contributed by atoms with Crippen molar-refractivity contribution in [2.45, 2.75) is 0 Å². The molecule has 0 saturated heterocycles. The molecule has 18 heavy (non-hydrogen) atoms. The standard InChI is InChI=1S/C12H18N4O2/c1-14-12(18)9-5-4-8(13)6-10(9)15-7-11(17)16(2)3/h4-6,15H,7,13H2,1-3H3,(H,14,18). The molecule has 0 unspecified atom stereocenters. The Morgan fingerprint density at radius 2 is 2.00 bits per heavy atom. The van der Waals surface area contributed by atoms with Gasteiger partial charge < -0.3 is 21.3 Å². The van der Waals surface area contributed by atoms with Crippen molar-refractivity contribution in [3.63, 3.8) is 0 Å². The van der Waals surface area contributed by atoms with Gasteiger partial charge in [0.25, 0.3) is 5.91 Å². The lowest BCUT2D eigenvalue weighted by Gasteiger charge is -2.14. The molecule has 98 valence electrons. The third-order valence-electron chi connectivity index (χ3n) is 2.44. The van der Waals surface area contributed by atoms with Crippen molar-refractivity contribution in [2.24, 2.45) is 0 Å². The van der Waals surface area contributed by atoms with Crippen LogP contribution in [0.5, 0.6) is 0 Å². The lowest BCUT2D eigenvalue weighted by atomic mass is 10.1. The first-order valence-corrected chi connectivity index (χ1v) is 5.51. The van der Waals surface area contributed by atoms with Crippen LogP contribution in [0.15, 0.2) is 18.2 Å². The molecule has 2 amide bonds. The molecule has 0 radical (unpaired) electrons. The summed E-state index contributed by atoms with van der Waals surface area (Å²) in [5, 5.41) is 5.45. The lowest BCUT2D eigenvalue weighted by Crippen LogP contribution is -2.29. The number of nitrogen functional groups attached to an aromatic ring is 1. The highest BCUT2D eigenvalue weighted by Gasteiger charge is 2.11. The molecule has 0 atom stereocenters. The predicted molar refractivity (Wildman–Crippen MR) is 71.4 cm³/mol. The molecule has 4 N–H and O–H groups in total. The Kier molecular flexibility index (Phi) is 4.53. The van der Waals surface area contributed by atoms with Crippen LogP contribution in [0.4, 0.5) is 11.4 Å². The maximum atomic E-state index is 11.6. The van der Waals surface area contributed by atoms with Crippen LogP contribution in [0.25, 0.3) is 0 Å². The van der Waals surface area contributed by atoms with Gasteiger partial charge in [-0.15, -0.1) is 0 Å². The fourth-order valence-corrected chi connectivity index (χ4v) is 1.37.